The highest BCUT2D eigenvalue weighted by Crippen LogP contribution is 2.08. The standard InChI is InChI=1S/C8H12N2O4/c1-4-14-8(11)5(2)7(6(3)9)10(12)13/h9H,4H2,1-3H3/b7-5-,9-6?. The van der Waals surface area contributed by atoms with Gasteiger partial charge in [0.1, 0.15) is 11.3 Å². The molecule has 0 atom stereocenters. The van der Waals surface area contributed by atoms with E-state index in [1.165, 1.54) is 13.8 Å². The van der Waals surface area contributed by atoms with E-state index in [0.29, 0.717) is 0 Å². The van der Waals surface area contributed by atoms with Gasteiger partial charge in [-0.1, -0.05) is 0 Å². The van der Waals surface area contributed by atoms with Gasteiger partial charge < -0.3 is 4.74 Å². The molecular weight excluding hydrogens is 188 g/mol. The van der Waals surface area contributed by atoms with E-state index in [1.807, 2.05) is 0 Å². The average Bonchev–Trinajstić information content (AvgIpc) is 2.03. The van der Waals surface area contributed by atoms with Gasteiger partial charge in [0.05, 0.1) is 11.5 Å². The minimum absolute atomic E-state index is 0.149. The molecule has 0 aromatic rings. The van der Waals surface area contributed by atoms with Crippen LogP contribution in [0.3, 0.4) is 0 Å². The van der Waals surface area contributed by atoms with Crippen molar-refractivity contribution in [3.05, 3.63) is 21.4 Å². The fourth-order valence-corrected chi connectivity index (χ4v) is 0.891. The second-order valence-corrected chi connectivity index (χ2v) is 2.58. The van der Waals surface area contributed by atoms with Crippen LogP contribution in [0.2, 0.25) is 0 Å². The lowest BCUT2D eigenvalue weighted by molar-refractivity contribution is -0.416. The maximum Gasteiger partial charge on any atom is 0.340 e. The lowest BCUT2D eigenvalue weighted by Crippen LogP contribution is -2.16. The van der Waals surface area contributed by atoms with Gasteiger partial charge in [-0.3, -0.25) is 15.5 Å². The molecule has 0 saturated heterocycles. The third-order valence-electron chi connectivity index (χ3n) is 1.47. The topological polar surface area (TPSA) is 93.3 Å². The first-order valence-corrected chi connectivity index (χ1v) is 3.99. The lowest BCUT2D eigenvalue weighted by atomic mass is 10.2. The molecule has 0 aromatic carbocycles. The van der Waals surface area contributed by atoms with Gasteiger partial charge in [0.25, 0.3) is 5.70 Å². The van der Waals surface area contributed by atoms with E-state index in [2.05, 4.69) is 4.74 Å². The fraction of sp³-hybridized carbons (Fsp3) is 0.500. The van der Waals surface area contributed by atoms with E-state index in [1.54, 1.807) is 6.92 Å². The number of esters is 1. The van der Waals surface area contributed by atoms with Crippen LogP contribution >= 0.6 is 0 Å². The molecule has 0 aliphatic rings. The van der Waals surface area contributed by atoms with Crippen LogP contribution in [0.25, 0.3) is 0 Å². The monoisotopic (exact) mass is 200 g/mol. The zero-order valence-electron chi connectivity index (χ0n) is 8.29. The van der Waals surface area contributed by atoms with Crippen LogP contribution in [0.4, 0.5) is 0 Å². The highest BCUT2D eigenvalue weighted by molar-refractivity contribution is 6.01. The molecule has 14 heavy (non-hydrogen) atoms. The van der Waals surface area contributed by atoms with Gasteiger partial charge in [-0.05, 0) is 20.8 Å². The SMILES string of the molecule is CCOC(=O)/C(C)=C(/C(C)=N)[N+](=O)[O-]. The van der Waals surface area contributed by atoms with E-state index in [-0.39, 0.29) is 17.9 Å². The van der Waals surface area contributed by atoms with Crippen LogP contribution in [0.15, 0.2) is 11.3 Å². The number of nitro groups is 1. The first kappa shape index (κ1) is 12.3. The van der Waals surface area contributed by atoms with Crippen molar-refractivity contribution in [2.75, 3.05) is 6.61 Å². The Hall–Kier alpha value is -1.72. The second kappa shape index (κ2) is 5.11. The predicted octanol–water partition coefficient (Wildman–Crippen LogP) is 1.14. The fourth-order valence-electron chi connectivity index (χ4n) is 0.891. The van der Waals surface area contributed by atoms with Crippen molar-refractivity contribution < 1.29 is 14.5 Å². The largest absolute Gasteiger partial charge is 0.462 e. The quantitative estimate of drug-likeness (QED) is 0.242. The number of carbonyl (C=O) groups is 1. The number of rotatable bonds is 4. The Balaban J connectivity index is 5.10. The van der Waals surface area contributed by atoms with Crippen LogP contribution in [-0.4, -0.2) is 23.2 Å². The van der Waals surface area contributed by atoms with Gasteiger partial charge in [0, 0.05) is 0 Å². The van der Waals surface area contributed by atoms with Crippen LogP contribution in [-0.2, 0) is 9.53 Å². The molecule has 0 unspecified atom stereocenters. The summed E-state index contributed by atoms with van der Waals surface area (Å²) in [4.78, 5) is 20.8. The Morgan fingerprint density at radius 1 is 1.50 bits per heavy atom. The van der Waals surface area contributed by atoms with Gasteiger partial charge in [-0.2, -0.15) is 0 Å². The third kappa shape index (κ3) is 2.96. The maximum absolute atomic E-state index is 11.1. The average molecular weight is 200 g/mol. The molecule has 0 heterocycles. The lowest BCUT2D eigenvalue weighted by Gasteiger charge is -2.02. The molecule has 0 radical (unpaired) electrons. The number of allylic oxidation sites excluding steroid dienone is 1. The Labute approximate surface area is 81.2 Å². The molecule has 0 bridgehead atoms. The van der Waals surface area contributed by atoms with Crippen molar-refractivity contribution >= 4 is 11.7 Å². The van der Waals surface area contributed by atoms with E-state index < -0.39 is 16.6 Å². The number of nitrogens with zero attached hydrogens (tertiary/aromatic N) is 1. The first-order valence-electron chi connectivity index (χ1n) is 3.99. The van der Waals surface area contributed by atoms with Crippen molar-refractivity contribution in [1.82, 2.24) is 0 Å². The van der Waals surface area contributed by atoms with Gasteiger partial charge in [-0.25, -0.2) is 4.79 Å². The summed E-state index contributed by atoms with van der Waals surface area (Å²) in [5.41, 5.74) is -0.909. The van der Waals surface area contributed by atoms with Gasteiger partial charge in [-0.15, -0.1) is 0 Å². The highest BCUT2D eigenvalue weighted by Gasteiger charge is 2.23. The van der Waals surface area contributed by atoms with Crippen molar-refractivity contribution in [2.45, 2.75) is 20.8 Å². The summed E-state index contributed by atoms with van der Waals surface area (Å²) in [7, 11) is 0. The van der Waals surface area contributed by atoms with Crippen LogP contribution in [0.1, 0.15) is 20.8 Å². The summed E-state index contributed by atoms with van der Waals surface area (Å²) in [5.74, 6) is -0.759. The van der Waals surface area contributed by atoms with E-state index in [9.17, 15) is 14.9 Å². The first-order chi connectivity index (χ1) is 6.41. The summed E-state index contributed by atoms with van der Waals surface area (Å²) in [6.45, 7) is 4.28. The zero-order chi connectivity index (χ0) is 11.3. The normalized spacial score (nSPS) is 11.6. The molecule has 0 aliphatic heterocycles. The molecular formula is C8H12N2O4. The molecule has 0 spiro atoms. The summed E-state index contributed by atoms with van der Waals surface area (Å²) in [6.07, 6.45) is 0. The molecule has 0 fully saturated rings. The smallest absolute Gasteiger partial charge is 0.340 e. The number of nitrogens with one attached hydrogen (secondary N) is 1. The van der Waals surface area contributed by atoms with Crippen molar-refractivity contribution in [2.24, 2.45) is 0 Å². The molecule has 78 valence electrons. The molecule has 0 amide bonds. The molecule has 0 saturated carbocycles. The molecule has 1 N–H and O–H groups in total. The van der Waals surface area contributed by atoms with Crippen LogP contribution in [0.5, 0.6) is 0 Å². The minimum atomic E-state index is -0.759. The minimum Gasteiger partial charge on any atom is -0.462 e. The summed E-state index contributed by atoms with van der Waals surface area (Å²) in [5, 5.41) is 17.6. The maximum atomic E-state index is 11.1. The number of carbonyl (C=O) groups excluding carboxylic acids is 1. The Morgan fingerprint density at radius 2 is 2.00 bits per heavy atom. The van der Waals surface area contributed by atoms with Crippen molar-refractivity contribution in [3.63, 3.8) is 0 Å². The molecule has 6 heteroatoms. The zero-order valence-corrected chi connectivity index (χ0v) is 8.29. The number of hydrogen-bond acceptors (Lipinski definition) is 5. The van der Waals surface area contributed by atoms with Gasteiger partial charge in [0.15, 0.2) is 0 Å². The second-order valence-electron chi connectivity index (χ2n) is 2.58. The summed E-state index contributed by atoms with van der Waals surface area (Å²) in [6, 6.07) is 0. The van der Waals surface area contributed by atoms with Crippen LogP contribution in [0, 0.1) is 15.5 Å². The molecule has 0 rings (SSSR count). The Morgan fingerprint density at radius 3 is 2.29 bits per heavy atom. The molecule has 0 aromatic heterocycles. The van der Waals surface area contributed by atoms with Crippen molar-refractivity contribution in [1.29, 1.82) is 5.41 Å². The number of ether oxygens (including phenoxy) is 1. The predicted molar refractivity (Wildman–Crippen MR) is 49.7 cm³/mol. The Kier molecular flexibility index (Phi) is 4.48. The van der Waals surface area contributed by atoms with Crippen LogP contribution < -0.4 is 0 Å². The van der Waals surface area contributed by atoms with E-state index in [4.69, 9.17) is 5.41 Å². The number of hydrogen-bond donors (Lipinski definition) is 1. The van der Waals surface area contributed by atoms with E-state index in [0.717, 1.165) is 0 Å². The summed E-state index contributed by atoms with van der Waals surface area (Å²) >= 11 is 0. The summed E-state index contributed by atoms with van der Waals surface area (Å²) < 4.78 is 4.59. The molecule has 6 nitrogen and oxygen atoms in total. The van der Waals surface area contributed by atoms with Gasteiger partial charge in [0.2, 0.25) is 0 Å². The van der Waals surface area contributed by atoms with E-state index >= 15 is 0 Å². The molecule has 0 aliphatic carbocycles. The van der Waals surface area contributed by atoms with Gasteiger partial charge >= 0.3 is 5.97 Å². The van der Waals surface area contributed by atoms with Crippen molar-refractivity contribution in [3.8, 4) is 0 Å². The highest BCUT2D eigenvalue weighted by atomic mass is 16.6. The third-order valence-corrected chi connectivity index (χ3v) is 1.47. The Bertz CT molecular complexity index is 290.